The number of H-pyrrole nitrogens is 1. The first-order valence-corrected chi connectivity index (χ1v) is 19.5. The number of nitrogens with one attached hydrogen (secondary N) is 1. The van der Waals surface area contributed by atoms with E-state index >= 15 is 0 Å². The number of hydrogen-bond donors (Lipinski definition) is 1. The number of hydrogen-bond acceptors (Lipinski definition) is 3. The van der Waals surface area contributed by atoms with Crippen LogP contribution >= 0.6 is 0 Å². The van der Waals surface area contributed by atoms with Gasteiger partial charge in [0.25, 0.3) is 0 Å². The molecule has 0 aliphatic heterocycles. The lowest BCUT2D eigenvalue weighted by Crippen LogP contribution is -2.16. The molecule has 274 valence electrons. The van der Waals surface area contributed by atoms with Crippen molar-refractivity contribution in [3.63, 3.8) is 0 Å². The predicted molar refractivity (Wildman–Crippen MR) is 237 cm³/mol. The molecule has 4 heteroatoms. The highest BCUT2D eigenvalue weighted by atomic mass is 15.2. The third kappa shape index (κ3) is 6.51. The van der Waals surface area contributed by atoms with Crippen LogP contribution in [-0.4, -0.2) is 15.0 Å². The van der Waals surface area contributed by atoms with Gasteiger partial charge in [0, 0.05) is 44.7 Å². The Morgan fingerprint density at radius 2 is 1.14 bits per heavy atom. The Hall–Kier alpha value is -6.52. The molecule has 0 fully saturated rings. The summed E-state index contributed by atoms with van der Waals surface area (Å²) in [4.78, 5) is 16.4. The molecule has 56 heavy (non-hydrogen) atoms. The Kier molecular flexibility index (Phi) is 8.58. The number of anilines is 3. The fourth-order valence-corrected chi connectivity index (χ4v) is 7.82. The number of fused-ring (bicyclic) bond motifs is 4. The van der Waals surface area contributed by atoms with Crippen LogP contribution < -0.4 is 4.90 Å². The highest BCUT2D eigenvalue weighted by molar-refractivity contribution is 6.11. The van der Waals surface area contributed by atoms with Crippen molar-refractivity contribution in [2.75, 3.05) is 4.90 Å². The molecule has 0 amide bonds. The van der Waals surface area contributed by atoms with Crippen molar-refractivity contribution < 1.29 is 0 Å². The molecule has 0 bridgehead atoms. The van der Waals surface area contributed by atoms with Gasteiger partial charge in [-0.25, -0.2) is 9.97 Å². The number of rotatable bonds is 6. The van der Waals surface area contributed by atoms with E-state index in [0.29, 0.717) is 0 Å². The molecule has 6 aromatic carbocycles. The number of benzene rings is 6. The average molecular weight is 727 g/mol. The standard InChI is InChI=1S/C52H46N4/c1-51(2,3)38-28-36(29-39(33-38)52(4,5)6)37-31-46(54-47(32-37)44-23-15-22-43-42-21-9-10-24-45(42)55-50(43)44)35-18-13-19-40(30-35)56(49-26-11-12-27-53-49)48-25-14-17-34-16-7-8-20-41(34)48/h7-33,55H,1-6H3. The first-order chi connectivity index (χ1) is 27.0. The SMILES string of the molecule is CC(C)(C)c1cc(-c2cc(-c3cccc(N(c4ccccn4)c4cccc5ccccc45)c3)nc(-c3cccc4c3[nH]c3ccccc34)c2)cc(C(C)(C)C)c1. The molecular weight excluding hydrogens is 681 g/mol. The minimum absolute atomic E-state index is 0.0183. The van der Waals surface area contributed by atoms with Crippen molar-refractivity contribution in [3.05, 3.63) is 175 Å². The van der Waals surface area contributed by atoms with Crippen molar-refractivity contribution in [2.45, 2.75) is 52.4 Å². The van der Waals surface area contributed by atoms with E-state index in [1.165, 1.54) is 32.8 Å². The summed E-state index contributed by atoms with van der Waals surface area (Å²) >= 11 is 0. The second kappa shape index (κ2) is 13.6. The Morgan fingerprint density at radius 1 is 0.500 bits per heavy atom. The van der Waals surface area contributed by atoms with E-state index in [0.717, 1.165) is 61.7 Å². The maximum absolute atomic E-state index is 5.50. The molecule has 0 spiro atoms. The van der Waals surface area contributed by atoms with Crippen LogP contribution in [0.1, 0.15) is 52.7 Å². The van der Waals surface area contributed by atoms with E-state index in [2.05, 4.69) is 197 Å². The summed E-state index contributed by atoms with van der Waals surface area (Å²) in [6.45, 7) is 13.8. The molecule has 1 N–H and O–H groups in total. The Labute approximate surface area is 329 Å². The van der Waals surface area contributed by atoms with Crippen LogP contribution in [0.15, 0.2) is 164 Å². The van der Waals surface area contributed by atoms with E-state index in [1.807, 2.05) is 18.3 Å². The molecule has 0 saturated carbocycles. The Balaban J connectivity index is 1.28. The average Bonchev–Trinajstić information content (AvgIpc) is 3.60. The molecule has 3 heterocycles. The molecule has 0 saturated heterocycles. The lowest BCUT2D eigenvalue weighted by Gasteiger charge is -2.27. The maximum Gasteiger partial charge on any atom is 0.137 e. The minimum atomic E-state index is -0.0183. The van der Waals surface area contributed by atoms with Gasteiger partial charge < -0.3 is 4.98 Å². The lowest BCUT2D eigenvalue weighted by atomic mass is 9.79. The summed E-state index contributed by atoms with van der Waals surface area (Å²) in [7, 11) is 0. The van der Waals surface area contributed by atoms with Gasteiger partial charge in [-0.3, -0.25) is 4.90 Å². The summed E-state index contributed by atoms with van der Waals surface area (Å²) in [5.41, 5.74) is 13.2. The van der Waals surface area contributed by atoms with E-state index in [1.54, 1.807) is 0 Å². The molecule has 0 unspecified atom stereocenters. The van der Waals surface area contributed by atoms with Gasteiger partial charge in [0.1, 0.15) is 5.82 Å². The van der Waals surface area contributed by atoms with Gasteiger partial charge in [0.05, 0.1) is 22.6 Å². The van der Waals surface area contributed by atoms with Crippen molar-refractivity contribution in [3.8, 4) is 33.6 Å². The topological polar surface area (TPSA) is 44.8 Å². The molecule has 9 rings (SSSR count). The van der Waals surface area contributed by atoms with E-state index in [9.17, 15) is 0 Å². The van der Waals surface area contributed by atoms with Gasteiger partial charge in [-0.15, -0.1) is 0 Å². The zero-order valence-corrected chi connectivity index (χ0v) is 32.9. The van der Waals surface area contributed by atoms with Crippen molar-refractivity contribution in [1.82, 2.24) is 15.0 Å². The normalized spacial score (nSPS) is 12.1. The second-order valence-corrected chi connectivity index (χ2v) is 16.9. The zero-order chi connectivity index (χ0) is 38.6. The van der Waals surface area contributed by atoms with Gasteiger partial charge in [0.15, 0.2) is 0 Å². The van der Waals surface area contributed by atoms with Gasteiger partial charge in [-0.05, 0) is 87.0 Å². The predicted octanol–water partition coefficient (Wildman–Crippen LogP) is 14.3. The van der Waals surface area contributed by atoms with Crippen molar-refractivity contribution in [1.29, 1.82) is 0 Å². The summed E-state index contributed by atoms with van der Waals surface area (Å²) in [6, 6.07) is 56.6. The Bertz CT molecular complexity index is 2850. The van der Waals surface area contributed by atoms with Gasteiger partial charge in [-0.2, -0.15) is 0 Å². The molecule has 3 aromatic heterocycles. The number of pyridine rings is 2. The highest BCUT2D eigenvalue weighted by Gasteiger charge is 2.23. The van der Waals surface area contributed by atoms with Crippen LogP contribution in [0.2, 0.25) is 0 Å². The molecule has 4 nitrogen and oxygen atoms in total. The molecule has 0 aliphatic rings. The summed E-state index contributed by atoms with van der Waals surface area (Å²) < 4.78 is 0. The minimum Gasteiger partial charge on any atom is -0.354 e. The summed E-state index contributed by atoms with van der Waals surface area (Å²) in [5.74, 6) is 0.850. The smallest absolute Gasteiger partial charge is 0.137 e. The van der Waals surface area contributed by atoms with Crippen LogP contribution in [0.5, 0.6) is 0 Å². The molecule has 0 radical (unpaired) electrons. The van der Waals surface area contributed by atoms with Crippen LogP contribution in [-0.2, 0) is 10.8 Å². The molecule has 9 aromatic rings. The fraction of sp³-hybridized carbons (Fsp3) is 0.154. The van der Waals surface area contributed by atoms with Gasteiger partial charge in [0.2, 0.25) is 0 Å². The van der Waals surface area contributed by atoms with Crippen LogP contribution in [0.3, 0.4) is 0 Å². The fourth-order valence-electron chi connectivity index (χ4n) is 7.82. The number of para-hydroxylation sites is 2. The van der Waals surface area contributed by atoms with Crippen LogP contribution in [0, 0.1) is 0 Å². The van der Waals surface area contributed by atoms with Gasteiger partial charge >= 0.3 is 0 Å². The first-order valence-electron chi connectivity index (χ1n) is 19.5. The van der Waals surface area contributed by atoms with Crippen molar-refractivity contribution >= 4 is 49.8 Å². The summed E-state index contributed by atoms with van der Waals surface area (Å²) in [5, 5.41) is 4.75. The van der Waals surface area contributed by atoms with E-state index < -0.39 is 0 Å². The number of aromatic nitrogens is 3. The highest BCUT2D eigenvalue weighted by Crippen LogP contribution is 2.42. The maximum atomic E-state index is 5.50. The molecule has 0 atom stereocenters. The van der Waals surface area contributed by atoms with Crippen molar-refractivity contribution in [2.24, 2.45) is 0 Å². The number of aromatic amines is 1. The number of nitrogens with zero attached hydrogens (tertiary/aromatic N) is 3. The monoisotopic (exact) mass is 726 g/mol. The molecular formula is C52H46N4. The lowest BCUT2D eigenvalue weighted by molar-refractivity contribution is 0.569. The first kappa shape index (κ1) is 35.2. The quantitative estimate of drug-likeness (QED) is 0.186. The largest absolute Gasteiger partial charge is 0.354 e. The molecule has 0 aliphatic carbocycles. The van der Waals surface area contributed by atoms with E-state index in [-0.39, 0.29) is 10.8 Å². The zero-order valence-electron chi connectivity index (χ0n) is 32.9. The van der Waals surface area contributed by atoms with Crippen LogP contribution in [0.4, 0.5) is 17.2 Å². The van der Waals surface area contributed by atoms with Gasteiger partial charge in [-0.1, -0.05) is 151 Å². The second-order valence-electron chi connectivity index (χ2n) is 16.9. The summed E-state index contributed by atoms with van der Waals surface area (Å²) in [6.07, 6.45) is 1.86. The van der Waals surface area contributed by atoms with E-state index in [4.69, 9.17) is 9.97 Å². The third-order valence-corrected chi connectivity index (χ3v) is 10.9. The van der Waals surface area contributed by atoms with Crippen LogP contribution in [0.25, 0.3) is 66.2 Å². The third-order valence-electron chi connectivity index (χ3n) is 10.9. The Morgan fingerprint density at radius 3 is 1.91 bits per heavy atom.